The highest BCUT2D eigenvalue weighted by Gasteiger charge is 2.13. The van der Waals surface area contributed by atoms with Crippen molar-refractivity contribution < 1.29 is 0 Å². The van der Waals surface area contributed by atoms with Gasteiger partial charge in [-0.3, -0.25) is 0 Å². The minimum Gasteiger partial charge on any atom is -0.310 e. The van der Waals surface area contributed by atoms with Gasteiger partial charge in [-0.05, 0) is 108 Å². The molecule has 0 fully saturated rings. The first-order valence-corrected chi connectivity index (χ1v) is 14.9. The number of hydrogen-bond acceptors (Lipinski definition) is 1. The first kappa shape index (κ1) is 27.5. The molecule has 0 aliphatic heterocycles. The third-order valence-electron chi connectivity index (χ3n) is 7.72. The van der Waals surface area contributed by atoms with Gasteiger partial charge in [0.1, 0.15) is 0 Å². The molecule has 0 spiro atoms. The summed E-state index contributed by atoms with van der Waals surface area (Å²) in [6.07, 6.45) is 7.27. The van der Waals surface area contributed by atoms with Crippen molar-refractivity contribution in [3.05, 3.63) is 138 Å². The molecule has 1 nitrogen and oxygen atoms in total. The number of aryl methyl sites for hydroxylation is 3. The molecule has 0 saturated carbocycles. The van der Waals surface area contributed by atoms with Crippen LogP contribution in [0, 0.1) is 6.92 Å². The molecule has 0 aliphatic carbocycles. The number of hydrogen-bond donors (Lipinski definition) is 0. The number of nitrogens with zero attached hydrogens (tertiary/aromatic N) is 1. The number of rotatable bonds is 11. The van der Waals surface area contributed by atoms with Gasteiger partial charge in [0.05, 0.1) is 0 Å². The van der Waals surface area contributed by atoms with E-state index in [2.05, 4.69) is 147 Å². The second kappa shape index (κ2) is 13.3. The summed E-state index contributed by atoms with van der Waals surface area (Å²) in [6.45, 7) is 6.65. The van der Waals surface area contributed by atoms with E-state index in [1.54, 1.807) is 0 Å². The van der Waals surface area contributed by atoms with Crippen LogP contribution in [-0.2, 0) is 12.8 Å². The fourth-order valence-electron chi connectivity index (χ4n) is 5.31. The van der Waals surface area contributed by atoms with E-state index < -0.39 is 0 Å². The van der Waals surface area contributed by atoms with Crippen LogP contribution < -0.4 is 4.90 Å². The summed E-state index contributed by atoms with van der Waals surface area (Å²) in [4.78, 5) is 2.35. The van der Waals surface area contributed by atoms with Crippen LogP contribution in [0.1, 0.15) is 56.2 Å². The highest BCUT2D eigenvalue weighted by molar-refractivity contribution is 5.80. The molecule has 0 saturated heterocycles. The van der Waals surface area contributed by atoms with E-state index in [-0.39, 0.29) is 0 Å². The Labute approximate surface area is 241 Å². The Kier molecular flexibility index (Phi) is 9.14. The number of anilines is 3. The maximum Gasteiger partial charge on any atom is 0.0464 e. The van der Waals surface area contributed by atoms with Crippen molar-refractivity contribution in [2.45, 2.75) is 59.3 Å². The van der Waals surface area contributed by atoms with Gasteiger partial charge >= 0.3 is 0 Å². The zero-order valence-electron chi connectivity index (χ0n) is 24.2. The van der Waals surface area contributed by atoms with Crippen LogP contribution in [0.3, 0.4) is 0 Å². The topological polar surface area (TPSA) is 3.24 Å². The van der Waals surface area contributed by atoms with Gasteiger partial charge in [-0.25, -0.2) is 0 Å². The summed E-state index contributed by atoms with van der Waals surface area (Å²) in [6, 6.07) is 44.8. The quantitative estimate of drug-likeness (QED) is 0.166. The molecular weight excluding hydrogens is 482 g/mol. The van der Waals surface area contributed by atoms with Crippen molar-refractivity contribution in [1.29, 1.82) is 0 Å². The van der Waals surface area contributed by atoms with Crippen molar-refractivity contribution in [3.8, 4) is 22.3 Å². The van der Waals surface area contributed by atoms with Crippen LogP contribution >= 0.6 is 0 Å². The van der Waals surface area contributed by atoms with E-state index in [0.717, 1.165) is 24.2 Å². The van der Waals surface area contributed by atoms with Crippen LogP contribution in [-0.4, -0.2) is 0 Å². The minimum atomic E-state index is 1.15. The number of unbranched alkanes of at least 4 members (excludes halogenated alkanes) is 2. The Bertz CT molecular complexity index is 1380. The van der Waals surface area contributed by atoms with Crippen molar-refractivity contribution >= 4 is 17.1 Å². The normalized spacial score (nSPS) is 11.0. The van der Waals surface area contributed by atoms with Gasteiger partial charge in [-0.15, -0.1) is 0 Å². The molecule has 0 atom stereocenters. The summed E-state index contributed by atoms with van der Waals surface area (Å²) in [5, 5.41) is 0. The van der Waals surface area contributed by atoms with Crippen molar-refractivity contribution in [3.63, 3.8) is 0 Å². The minimum absolute atomic E-state index is 1.15. The Morgan fingerprint density at radius 2 is 0.850 bits per heavy atom. The molecule has 0 amide bonds. The Hall–Kier alpha value is -4.10. The van der Waals surface area contributed by atoms with Crippen LogP contribution in [0.15, 0.2) is 121 Å². The van der Waals surface area contributed by atoms with E-state index in [9.17, 15) is 0 Å². The largest absolute Gasteiger partial charge is 0.310 e. The van der Waals surface area contributed by atoms with E-state index in [1.165, 1.54) is 70.3 Å². The van der Waals surface area contributed by atoms with E-state index in [4.69, 9.17) is 0 Å². The molecular formula is C39H41N. The van der Waals surface area contributed by atoms with Crippen LogP contribution in [0.2, 0.25) is 0 Å². The fraction of sp³-hybridized carbons (Fsp3) is 0.231. The second-order valence-corrected chi connectivity index (χ2v) is 10.9. The molecule has 5 aromatic rings. The maximum atomic E-state index is 2.35. The third kappa shape index (κ3) is 6.72. The van der Waals surface area contributed by atoms with Crippen molar-refractivity contribution in [1.82, 2.24) is 0 Å². The molecule has 0 bridgehead atoms. The highest BCUT2D eigenvalue weighted by Crippen LogP contribution is 2.37. The predicted octanol–water partition coefficient (Wildman–Crippen LogP) is 11.5. The molecule has 0 aliphatic rings. The molecule has 202 valence electrons. The molecule has 0 radical (unpaired) electrons. The monoisotopic (exact) mass is 523 g/mol. The molecule has 0 heterocycles. The highest BCUT2D eigenvalue weighted by atomic mass is 15.1. The Morgan fingerprint density at radius 1 is 0.450 bits per heavy atom. The van der Waals surface area contributed by atoms with Gasteiger partial charge < -0.3 is 4.90 Å². The van der Waals surface area contributed by atoms with Crippen LogP contribution in [0.4, 0.5) is 17.1 Å². The summed E-state index contributed by atoms with van der Waals surface area (Å²) < 4.78 is 0. The van der Waals surface area contributed by atoms with Gasteiger partial charge in [-0.1, -0.05) is 112 Å². The first-order valence-electron chi connectivity index (χ1n) is 14.9. The maximum absolute atomic E-state index is 2.35. The lowest BCUT2D eigenvalue weighted by Gasteiger charge is -2.26. The fourth-order valence-corrected chi connectivity index (χ4v) is 5.31. The second-order valence-electron chi connectivity index (χ2n) is 10.9. The lowest BCUT2D eigenvalue weighted by Crippen LogP contribution is -2.10. The summed E-state index contributed by atoms with van der Waals surface area (Å²) in [5.41, 5.74) is 12.6. The molecule has 5 aromatic carbocycles. The van der Waals surface area contributed by atoms with Gasteiger partial charge in [0.2, 0.25) is 0 Å². The van der Waals surface area contributed by atoms with E-state index >= 15 is 0 Å². The molecule has 0 unspecified atom stereocenters. The zero-order valence-corrected chi connectivity index (χ0v) is 24.2. The summed E-state index contributed by atoms with van der Waals surface area (Å²) in [5.74, 6) is 0. The van der Waals surface area contributed by atoms with Gasteiger partial charge in [-0.2, -0.15) is 0 Å². The summed E-state index contributed by atoms with van der Waals surface area (Å²) in [7, 11) is 0. The molecule has 0 aromatic heterocycles. The van der Waals surface area contributed by atoms with Gasteiger partial charge in [0.15, 0.2) is 0 Å². The van der Waals surface area contributed by atoms with Crippen LogP contribution in [0.25, 0.3) is 22.3 Å². The SMILES string of the molecule is CCCCc1ccc(-c2ccc(N(c3ccc(-c4ccc(CCCC)cc4)cc3)c3cccc(C)c3)cc2)cc1. The smallest absolute Gasteiger partial charge is 0.0464 e. The molecule has 1 heteroatoms. The van der Waals surface area contributed by atoms with E-state index in [0.29, 0.717) is 0 Å². The van der Waals surface area contributed by atoms with E-state index in [1.807, 2.05) is 0 Å². The van der Waals surface area contributed by atoms with Gasteiger partial charge in [0.25, 0.3) is 0 Å². The zero-order chi connectivity index (χ0) is 27.7. The summed E-state index contributed by atoms with van der Waals surface area (Å²) >= 11 is 0. The average molecular weight is 524 g/mol. The van der Waals surface area contributed by atoms with Gasteiger partial charge in [0, 0.05) is 17.1 Å². The third-order valence-corrected chi connectivity index (χ3v) is 7.72. The predicted molar refractivity (Wildman–Crippen MR) is 174 cm³/mol. The molecule has 0 N–H and O–H groups in total. The first-order chi connectivity index (χ1) is 19.6. The number of benzene rings is 5. The molecule has 5 rings (SSSR count). The Morgan fingerprint density at radius 3 is 1.23 bits per heavy atom. The van der Waals surface area contributed by atoms with Crippen molar-refractivity contribution in [2.24, 2.45) is 0 Å². The standard InChI is InChI=1S/C39H41N/c1-4-6-10-31-13-17-33(18-14-31)35-21-25-37(26-22-35)40(39-12-8-9-30(3)29-39)38-27-23-36(24-28-38)34-19-15-32(16-20-34)11-7-5-2/h8-9,12-29H,4-7,10-11H2,1-3H3. The molecule has 40 heavy (non-hydrogen) atoms. The van der Waals surface area contributed by atoms with Crippen LogP contribution in [0.5, 0.6) is 0 Å². The Balaban J connectivity index is 1.41. The average Bonchev–Trinajstić information content (AvgIpc) is 3.00. The lowest BCUT2D eigenvalue weighted by atomic mass is 10.0. The lowest BCUT2D eigenvalue weighted by molar-refractivity contribution is 0.795. The van der Waals surface area contributed by atoms with Crippen molar-refractivity contribution in [2.75, 3.05) is 4.90 Å².